The molecule has 1 heteroatoms. The van der Waals surface area contributed by atoms with E-state index in [1.807, 2.05) is 11.8 Å². The van der Waals surface area contributed by atoms with E-state index in [0.717, 1.165) is 12.3 Å². The molecule has 0 atom stereocenters. The van der Waals surface area contributed by atoms with Crippen LogP contribution in [0.2, 0.25) is 0 Å². The Morgan fingerprint density at radius 2 is 1.52 bits per heavy atom. The Bertz CT molecular complexity index is 606. The Labute approximate surface area is 145 Å². The van der Waals surface area contributed by atoms with Gasteiger partial charge in [0, 0.05) is 9.79 Å². The van der Waals surface area contributed by atoms with Crippen LogP contribution in [0.5, 0.6) is 0 Å². The molecule has 0 spiro atoms. The van der Waals surface area contributed by atoms with Crippen LogP contribution in [0.25, 0.3) is 5.57 Å². The van der Waals surface area contributed by atoms with Gasteiger partial charge in [-0.1, -0.05) is 80.8 Å². The van der Waals surface area contributed by atoms with Crippen LogP contribution in [-0.4, -0.2) is 0 Å². The standard InChI is InChI=1S/C22H26S/c1-18(12-13-19-8-4-2-5-9-19)20-14-16-22(17-15-20)23-21-10-6-3-7-11-21/h3,6-7,10-11,14-17,19H,1-2,4-5,8-9,12-13H2. The normalized spacial score (nSPS) is 15.5. The van der Waals surface area contributed by atoms with Crippen LogP contribution in [0.3, 0.4) is 0 Å². The van der Waals surface area contributed by atoms with Gasteiger partial charge in [-0.2, -0.15) is 0 Å². The van der Waals surface area contributed by atoms with Crippen LogP contribution in [0, 0.1) is 5.92 Å². The van der Waals surface area contributed by atoms with E-state index in [2.05, 4.69) is 61.2 Å². The highest BCUT2D eigenvalue weighted by Crippen LogP contribution is 2.32. The van der Waals surface area contributed by atoms with E-state index < -0.39 is 0 Å². The fourth-order valence-electron chi connectivity index (χ4n) is 3.38. The highest BCUT2D eigenvalue weighted by Gasteiger charge is 2.13. The first-order valence-corrected chi connectivity index (χ1v) is 9.64. The van der Waals surface area contributed by atoms with Crippen LogP contribution < -0.4 is 0 Å². The molecule has 1 aliphatic rings. The number of benzene rings is 2. The highest BCUT2D eigenvalue weighted by molar-refractivity contribution is 7.99. The van der Waals surface area contributed by atoms with Crippen LogP contribution >= 0.6 is 11.8 Å². The number of hydrogen-bond donors (Lipinski definition) is 0. The van der Waals surface area contributed by atoms with Gasteiger partial charge in [0.1, 0.15) is 0 Å². The van der Waals surface area contributed by atoms with Crippen molar-refractivity contribution in [2.24, 2.45) is 5.92 Å². The SMILES string of the molecule is C=C(CCC1CCCCC1)c1ccc(Sc2ccccc2)cc1. The van der Waals surface area contributed by atoms with Gasteiger partial charge < -0.3 is 0 Å². The van der Waals surface area contributed by atoms with E-state index in [1.54, 1.807) is 0 Å². The summed E-state index contributed by atoms with van der Waals surface area (Å²) in [4.78, 5) is 2.58. The van der Waals surface area contributed by atoms with Gasteiger partial charge in [-0.05, 0) is 54.2 Å². The summed E-state index contributed by atoms with van der Waals surface area (Å²) in [5, 5.41) is 0. The summed E-state index contributed by atoms with van der Waals surface area (Å²) in [6, 6.07) is 19.4. The lowest BCUT2D eigenvalue weighted by atomic mass is 9.84. The fraction of sp³-hybridized carbons (Fsp3) is 0.364. The van der Waals surface area contributed by atoms with E-state index in [-0.39, 0.29) is 0 Å². The largest absolute Gasteiger partial charge is 0.0952 e. The van der Waals surface area contributed by atoms with Crippen LogP contribution in [0.1, 0.15) is 50.5 Å². The molecule has 120 valence electrons. The molecule has 2 aromatic rings. The molecule has 2 aromatic carbocycles. The van der Waals surface area contributed by atoms with E-state index in [9.17, 15) is 0 Å². The van der Waals surface area contributed by atoms with Gasteiger partial charge in [-0.25, -0.2) is 0 Å². The van der Waals surface area contributed by atoms with Crippen LogP contribution in [-0.2, 0) is 0 Å². The van der Waals surface area contributed by atoms with Crippen molar-refractivity contribution in [2.45, 2.75) is 54.7 Å². The average Bonchev–Trinajstić information content (AvgIpc) is 2.62. The van der Waals surface area contributed by atoms with Gasteiger partial charge in [-0.15, -0.1) is 0 Å². The lowest BCUT2D eigenvalue weighted by Gasteiger charge is -2.21. The maximum Gasteiger partial charge on any atom is 0.0122 e. The van der Waals surface area contributed by atoms with Gasteiger partial charge in [0.25, 0.3) is 0 Å². The molecule has 0 aliphatic heterocycles. The minimum Gasteiger partial charge on any atom is -0.0952 e. The summed E-state index contributed by atoms with van der Waals surface area (Å²) in [7, 11) is 0. The second-order valence-corrected chi connectivity index (χ2v) is 7.73. The Morgan fingerprint density at radius 1 is 0.870 bits per heavy atom. The summed E-state index contributed by atoms with van der Waals surface area (Å²) in [6.45, 7) is 4.32. The molecule has 0 aromatic heterocycles. The van der Waals surface area contributed by atoms with E-state index in [4.69, 9.17) is 0 Å². The van der Waals surface area contributed by atoms with E-state index in [0.29, 0.717) is 0 Å². The van der Waals surface area contributed by atoms with Crippen molar-refractivity contribution in [1.29, 1.82) is 0 Å². The molecule has 0 N–H and O–H groups in total. The van der Waals surface area contributed by atoms with Crippen molar-refractivity contribution in [2.75, 3.05) is 0 Å². The molecular formula is C22H26S. The predicted octanol–water partition coefficient (Wildman–Crippen LogP) is 7.21. The summed E-state index contributed by atoms with van der Waals surface area (Å²) in [5.41, 5.74) is 2.60. The smallest absolute Gasteiger partial charge is 0.0122 e. The van der Waals surface area contributed by atoms with Gasteiger partial charge in [0.15, 0.2) is 0 Å². The lowest BCUT2D eigenvalue weighted by Crippen LogP contribution is -2.06. The third kappa shape index (κ3) is 5.00. The van der Waals surface area contributed by atoms with E-state index >= 15 is 0 Å². The van der Waals surface area contributed by atoms with Gasteiger partial charge in [0.05, 0.1) is 0 Å². The molecule has 1 aliphatic carbocycles. The lowest BCUT2D eigenvalue weighted by molar-refractivity contribution is 0.342. The second-order valence-electron chi connectivity index (χ2n) is 6.59. The molecule has 0 nitrogen and oxygen atoms in total. The summed E-state index contributed by atoms with van der Waals surface area (Å²) in [5.74, 6) is 0.938. The summed E-state index contributed by atoms with van der Waals surface area (Å²) in [6.07, 6.45) is 9.64. The topological polar surface area (TPSA) is 0 Å². The molecule has 0 bridgehead atoms. The quantitative estimate of drug-likeness (QED) is 0.541. The first kappa shape index (κ1) is 16.4. The number of allylic oxidation sites excluding steroid dienone is 1. The van der Waals surface area contributed by atoms with Crippen molar-refractivity contribution < 1.29 is 0 Å². The minimum absolute atomic E-state index is 0.938. The van der Waals surface area contributed by atoms with Crippen molar-refractivity contribution in [3.05, 3.63) is 66.7 Å². The zero-order valence-corrected chi connectivity index (χ0v) is 14.7. The number of hydrogen-bond acceptors (Lipinski definition) is 1. The molecule has 0 unspecified atom stereocenters. The van der Waals surface area contributed by atoms with Crippen LogP contribution in [0.15, 0.2) is 71.0 Å². The molecular weight excluding hydrogens is 296 g/mol. The highest BCUT2D eigenvalue weighted by atomic mass is 32.2. The number of rotatable bonds is 6. The first-order chi connectivity index (χ1) is 11.3. The fourth-order valence-corrected chi connectivity index (χ4v) is 4.22. The third-order valence-electron chi connectivity index (χ3n) is 4.82. The van der Waals surface area contributed by atoms with Crippen molar-refractivity contribution >= 4 is 17.3 Å². The van der Waals surface area contributed by atoms with Crippen molar-refractivity contribution in [1.82, 2.24) is 0 Å². The maximum atomic E-state index is 4.32. The zero-order chi connectivity index (χ0) is 15.9. The van der Waals surface area contributed by atoms with Crippen molar-refractivity contribution in [3.63, 3.8) is 0 Å². The molecule has 1 saturated carbocycles. The molecule has 1 fully saturated rings. The maximum absolute atomic E-state index is 4.32. The molecule has 3 rings (SSSR count). The Hall–Kier alpha value is -1.47. The Morgan fingerprint density at radius 3 is 2.22 bits per heavy atom. The Kier molecular flexibility index (Phi) is 5.99. The molecule has 0 saturated heterocycles. The monoisotopic (exact) mass is 322 g/mol. The van der Waals surface area contributed by atoms with Gasteiger partial charge in [0.2, 0.25) is 0 Å². The first-order valence-electron chi connectivity index (χ1n) is 8.82. The van der Waals surface area contributed by atoms with E-state index in [1.165, 1.54) is 59.5 Å². The minimum atomic E-state index is 0.938. The van der Waals surface area contributed by atoms with Gasteiger partial charge >= 0.3 is 0 Å². The van der Waals surface area contributed by atoms with Gasteiger partial charge in [-0.3, -0.25) is 0 Å². The molecule has 0 radical (unpaired) electrons. The summed E-state index contributed by atoms with van der Waals surface area (Å²) >= 11 is 1.81. The molecule has 0 heterocycles. The van der Waals surface area contributed by atoms with Crippen molar-refractivity contribution in [3.8, 4) is 0 Å². The Balaban J connectivity index is 1.52. The predicted molar refractivity (Wildman–Crippen MR) is 102 cm³/mol. The summed E-state index contributed by atoms with van der Waals surface area (Å²) < 4.78 is 0. The molecule has 23 heavy (non-hydrogen) atoms. The third-order valence-corrected chi connectivity index (χ3v) is 5.84. The second kappa shape index (κ2) is 8.40. The average molecular weight is 323 g/mol. The molecule has 0 amide bonds. The zero-order valence-electron chi connectivity index (χ0n) is 13.8. The van der Waals surface area contributed by atoms with Crippen LogP contribution in [0.4, 0.5) is 0 Å².